The van der Waals surface area contributed by atoms with E-state index >= 15 is 0 Å². The molecule has 0 unspecified atom stereocenters. The van der Waals surface area contributed by atoms with Crippen molar-refractivity contribution in [1.82, 2.24) is 4.90 Å². The van der Waals surface area contributed by atoms with Gasteiger partial charge in [-0.3, -0.25) is 14.5 Å². The Morgan fingerprint density at radius 2 is 1.89 bits per heavy atom. The van der Waals surface area contributed by atoms with Crippen LogP contribution in [0.2, 0.25) is 0 Å². The van der Waals surface area contributed by atoms with E-state index in [1.165, 1.54) is 17.0 Å². The Labute approximate surface area is 165 Å². The first-order chi connectivity index (χ1) is 13.5. The molecule has 2 heterocycles. The van der Waals surface area contributed by atoms with Gasteiger partial charge in [0.25, 0.3) is 11.1 Å². The van der Waals surface area contributed by atoms with Gasteiger partial charge < -0.3 is 4.42 Å². The second-order valence-electron chi connectivity index (χ2n) is 6.47. The molecule has 6 heteroatoms. The number of halogens is 1. The minimum atomic E-state index is -0.354. The third-order valence-electron chi connectivity index (χ3n) is 4.31. The van der Waals surface area contributed by atoms with E-state index in [0.29, 0.717) is 22.0 Å². The molecule has 1 aromatic heterocycles. The molecule has 28 heavy (non-hydrogen) atoms. The van der Waals surface area contributed by atoms with Crippen molar-refractivity contribution < 1.29 is 18.4 Å². The molecule has 0 spiro atoms. The van der Waals surface area contributed by atoms with Gasteiger partial charge in [-0.2, -0.15) is 0 Å². The number of hydrogen-bond donors (Lipinski definition) is 0. The SMILES string of the molecule is Cc1cccc(CN2C(=O)S/C(=C\c3ccc(-c4cccc(F)c4)o3)C2=O)c1. The molecule has 4 nitrogen and oxygen atoms in total. The number of imide groups is 1. The molecule has 140 valence electrons. The van der Waals surface area contributed by atoms with Crippen molar-refractivity contribution in [3.63, 3.8) is 0 Å². The second-order valence-corrected chi connectivity index (χ2v) is 7.46. The minimum absolute atomic E-state index is 0.233. The molecule has 0 aliphatic carbocycles. The number of aryl methyl sites for hydroxylation is 1. The average Bonchev–Trinajstić information content (AvgIpc) is 3.23. The first kappa shape index (κ1) is 18.3. The maximum absolute atomic E-state index is 13.4. The summed E-state index contributed by atoms with van der Waals surface area (Å²) in [5, 5.41) is -0.310. The molecule has 1 saturated heterocycles. The van der Waals surface area contributed by atoms with Crippen LogP contribution in [0.5, 0.6) is 0 Å². The number of thioether (sulfide) groups is 1. The van der Waals surface area contributed by atoms with E-state index in [0.717, 1.165) is 22.9 Å². The van der Waals surface area contributed by atoms with Crippen molar-refractivity contribution in [2.75, 3.05) is 0 Å². The first-order valence-corrected chi connectivity index (χ1v) is 9.48. The van der Waals surface area contributed by atoms with Gasteiger partial charge >= 0.3 is 0 Å². The summed E-state index contributed by atoms with van der Waals surface area (Å²) in [4.78, 5) is 26.5. The van der Waals surface area contributed by atoms with Crippen molar-refractivity contribution in [3.8, 4) is 11.3 Å². The molecule has 1 aliphatic heterocycles. The number of nitrogens with zero attached hydrogens (tertiary/aromatic N) is 1. The molecular weight excluding hydrogens is 377 g/mol. The summed E-state index contributed by atoms with van der Waals surface area (Å²) < 4.78 is 19.1. The summed E-state index contributed by atoms with van der Waals surface area (Å²) in [6.45, 7) is 2.20. The molecule has 2 amide bonds. The summed E-state index contributed by atoms with van der Waals surface area (Å²) in [6.07, 6.45) is 1.55. The molecule has 0 saturated carbocycles. The van der Waals surface area contributed by atoms with Gasteiger partial charge in [0.15, 0.2) is 0 Å². The normalized spacial score (nSPS) is 15.6. The van der Waals surface area contributed by atoms with Crippen molar-refractivity contribution in [2.45, 2.75) is 13.5 Å². The smallest absolute Gasteiger partial charge is 0.293 e. The van der Waals surface area contributed by atoms with Gasteiger partial charge in [0.1, 0.15) is 17.3 Å². The van der Waals surface area contributed by atoms with Crippen LogP contribution in [0.1, 0.15) is 16.9 Å². The topological polar surface area (TPSA) is 50.5 Å². The quantitative estimate of drug-likeness (QED) is 0.539. The van der Waals surface area contributed by atoms with Gasteiger partial charge in [0.05, 0.1) is 11.4 Å². The highest BCUT2D eigenvalue weighted by Gasteiger charge is 2.35. The van der Waals surface area contributed by atoms with Crippen LogP contribution in [0.15, 0.2) is 70.0 Å². The van der Waals surface area contributed by atoms with E-state index in [4.69, 9.17) is 4.42 Å². The van der Waals surface area contributed by atoms with Crippen LogP contribution in [0.4, 0.5) is 9.18 Å². The van der Waals surface area contributed by atoms with E-state index in [1.54, 1.807) is 30.3 Å². The summed E-state index contributed by atoms with van der Waals surface area (Å²) in [6, 6.07) is 17.2. The number of amides is 2. The van der Waals surface area contributed by atoms with E-state index in [2.05, 4.69) is 0 Å². The highest BCUT2D eigenvalue weighted by molar-refractivity contribution is 8.18. The van der Waals surface area contributed by atoms with Gasteiger partial charge in [-0.05, 0) is 48.5 Å². The summed E-state index contributed by atoms with van der Waals surface area (Å²) in [7, 11) is 0. The number of carbonyl (C=O) groups excluding carboxylic acids is 2. The van der Waals surface area contributed by atoms with E-state index < -0.39 is 0 Å². The van der Waals surface area contributed by atoms with Crippen LogP contribution in [0, 0.1) is 12.7 Å². The molecule has 4 rings (SSSR count). The monoisotopic (exact) mass is 393 g/mol. The standard InChI is InChI=1S/C22H16FNO3S/c1-14-4-2-5-15(10-14)13-24-21(25)20(28-22(24)26)12-18-8-9-19(27-18)16-6-3-7-17(23)11-16/h2-12H,13H2,1H3/b20-12-. The van der Waals surface area contributed by atoms with Crippen molar-refractivity contribution in [1.29, 1.82) is 0 Å². The lowest BCUT2D eigenvalue weighted by Crippen LogP contribution is -2.27. The zero-order valence-corrected chi connectivity index (χ0v) is 15.8. The Balaban J connectivity index is 1.54. The molecule has 0 N–H and O–H groups in total. The Hall–Kier alpha value is -3.12. The third kappa shape index (κ3) is 3.77. The molecular formula is C22H16FNO3S. The number of hydrogen-bond acceptors (Lipinski definition) is 4. The number of benzene rings is 2. The fourth-order valence-corrected chi connectivity index (χ4v) is 3.80. The van der Waals surface area contributed by atoms with Gasteiger partial charge in [0, 0.05) is 11.6 Å². The highest BCUT2D eigenvalue weighted by atomic mass is 32.2. The second kappa shape index (κ2) is 7.48. The fourth-order valence-electron chi connectivity index (χ4n) is 2.99. The number of rotatable bonds is 4. The lowest BCUT2D eigenvalue weighted by atomic mass is 10.1. The van der Waals surface area contributed by atoms with E-state index in [1.807, 2.05) is 31.2 Å². The Morgan fingerprint density at radius 3 is 2.68 bits per heavy atom. The fraction of sp³-hybridized carbons (Fsp3) is 0.0909. The Bertz CT molecular complexity index is 1100. The minimum Gasteiger partial charge on any atom is -0.457 e. The molecule has 0 atom stereocenters. The number of furan rings is 1. The van der Waals surface area contributed by atoms with Gasteiger partial charge in [-0.1, -0.05) is 42.0 Å². The molecule has 2 aromatic carbocycles. The van der Waals surface area contributed by atoms with Crippen LogP contribution >= 0.6 is 11.8 Å². The maximum atomic E-state index is 13.4. The summed E-state index contributed by atoms with van der Waals surface area (Å²) in [5.41, 5.74) is 2.57. The van der Waals surface area contributed by atoms with Gasteiger partial charge in [-0.25, -0.2) is 4.39 Å². The van der Waals surface area contributed by atoms with Crippen LogP contribution in [0.3, 0.4) is 0 Å². The van der Waals surface area contributed by atoms with Gasteiger partial charge in [-0.15, -0.1) is 0 Å². The Morgan fingerprint density at radius 1 is 1.07 bits per heavy atom. The largest absolute Gasteiger partial charge is 0.457 e. The van der Waals surface area contributed by atoms with Crippen molar-refractivity contribution in [2.24, 2.45) is 0 Å². The van der Waals surface area contributed by atoms with Crippen LogP contribution in [0.25, 0.3) is 17.4 Å². The van der Waals surface area contributed by atoms with Crippen molar-refractivity contribution >= 4 is 29.0 Å². The summed E-state index contributed by atoms with van der Waals surface area (Å²) in [5.74, 6) is 0.220. The maximum Gasteiger partial charge on any atom is 0.293 e. The molecule has 1 aliphatic rings. The van der Waals surface area contributed by atoms with Crippen LogP contribution in [-0.2, 0) is 11.3 Å². The lowest BCUT2D eigenvalue weighted by Gasteiger charge is -2.12. The van der Waals surface area contributed by atoms with E-state index in [9.17, 15) is 14.0 Å². The molecule has 0 bridgehead atoms. The highest BCUT2D eigenvalue weighted by Crippen LogP contribution is 2.34. The van der Waals surface area contributed by atoms with Gasteiger partial charge in [0.2, 0.25) is 0 Å². The molecule has 3 aromatic rings. The van der Waals surface area contributed by atoms with E-state index in [-0.39, 0.29) is 23.5 Å². The number of carbonyl (C=O) groups is 2. The zero-order valence-electron chi connectivity index (χ0n) is 15.0. The lowest BCUT2D eigenvalue weighted by molar-refractivity contribution is -0.123. The zero-order chi connectivity index (χ0) is 19.7. The predicted octanol–water partition coefficient (Wildman–Crippen LogP) is 5.63. The van der Waals surface area contributed by atoms with Crippen LogP contribution < -0.4 is 0 Å². The predicted molar refractivity (Wildman–Crippen MR) is 107 cm³/mol. The van der Waals surface area contributed by atoms with Crippen LogP contribution in [-0.4, -0.2) is 16.0 Å². The molecule has 0 radical (unpaired) electrons. The van der Waals surface area contributed by atoms with Crippen molar-refractivity contribution in [3.05, 3.63) is 88.3 Å². The first-order valence-electron chi connectivity index (χ1n) is 8.66. The third-order valence-corrected chi connectivity index (χ3v) is 5.21. The molecule has 1 fully saturated rings. The average molecular weight is 393 g/mol. The summed E-state index contributed by atoms with van der Waals surface area (Å²) >= 11 is 0.886. The Kier molecular flexibility index (Phi) is 4.88.